The molecular weight excluding hydrogens is 813 g/mol. The van der Waals surface area contributed by atoms with Crippen molar-refractivity contribution >= 4 is 29.4 Å². The number of carbonyl (C=O) groups is 2. The van der Waals surface area contributed by atoms with Crippen molar-refractivity contribution in [3.05, 3.63) is 192 Å². The first-order chi connectivity index (χ1) is 32.4. The Morgan fingerprint density at radius 2 is 1.41 bits per heavy atom. The molecule has 318 valence electrons. The molecular formula is C60H44N2O4. The third-order valence-electron chi connectivity index (χ3n) is 18.5. The summed E-state index contributed by atoms with van der Waals surface area (Å²) in [7, 11) is 0. The lowest BCUT2D eigenvalue weighted by atomic mass is 9.63. The minimum atomic E-state index is -1.12. The van der Waals surface area contributed by atoms with Gasteiger partial charge in [0.2, 0.25) is 0 Å². The number of anilines is 1. The van der Waals surface area contributed by atoms with Gasteiger partial charge in [-0.2, -0.15) is 0 Å². The van der Waals surface area contributed by atoms with Gasteiger partial charge in [0.25, 0.3) is 0 Å². The van der Waals surface area contributed by atoms with E-state index in [1.165, 1.54) is 5.56 Å². The molecule has 0 bridgehead atoms. The molecule has 3 N–H and O–H groups in total. The molecule has 0 heterocycles. The number of alkyl carbamates (subject to hydrolysis) is 1. The van der Waals surface area contributed by atoms with Gasteiger partial charge in [0.15, 0.2) is 0 Å². The van der Waals surface area contributed by atoms with Crippen LogP contribution in [0.25, 0.3) is 45.0 Å². The molecule has 8 unspecified atom stereocenters. The summed E-state index contributed by atoms with van der Waals surface area (Å²) in [5.74, 6) is 1.75. The van der Waals surface area contributed by atoms with E-state index in [0.717, 1.165) is 65.6 Å². The van der Waals surface area contributed by atoms with Crippen molar-refractivity contribution in [1.29, 1.82) is 0 Å². The van der Waals surface area contributed by atoms with Gasteiger partial charge >= 0.3 is 12.1 Å². The van der Waals surface area contributed by atoms with Crippen LogP contribution in [0.1, 0.15) is 133 Å². The number of carboxylic acids is 1. The minimum Gasteiger partial charge on any atom is -0.480 e. The highest BCUT2D eigenvalue weighted by Crippen LogP contribution is 2.78. The third-order valence-corrected chi connectivity index (χ3v) is 18.5. The first-order valence-electron chi connectivity index (χ1n) is 24.4. The predicted octanol–water partition coefficient (Wildman–Crippen LogP) is 11.9. The van der Waals surface area contributed by atoms with Crippen LogP contribution in [-0.2, 0) is 28.8 Å². The van der Waals surface area contributed by atoms with E-state index in [-0.39, 0.29) is 18.9 Å². The number of amides is 1. The predicted molar refractivity (Wildman–Crippen MR) is 255 cm³/mol. The normalized spacial score (nSPS) is 26.2. The molecule has 1 saturated carbocycles. The molecule has 6 aromatic carbocycles. The molecule has 17 rings (SSSR count). The van der Waals surface area contributed by atoms with E-state index in [0.29, 0.717) is 41.5 Å². The second kappa shape index (κ2) is 11.9. The third kappa shape index (κ3) is 4.15. The van der Waals surface area contributed by atoms with E-state index < -0.39 is 18.1 Å². The maximum Gasteiger partial charge on any atom is 0.407 e. The Balaban J connectivity index is 0.649. The molecule has 11 aliphatic rings. The van der Waals surface area contributed by atoms with Gasteiger partial charge in [-0.05, 0) is 184 Å². The lowest BCUT2D eigenvalue weighted by molar-refractivity contribution is -0.139. The van der Waals surface area contributed by atoms with Crippen LogP contribution < -0.4 is 10.6 Å². The van der Waals surface area contributed by atoms with Crippen LogP contribution in [0.5, 0.6) is 0 Å². The summed E-state index contributed by atoms with van der Waals surface area (Å²) in [6, 6.07) is 31.7. The van der Waals surface area contributed by atoms with Crippen molar-refractivity contribution in [3.8, 4) is 33.4 Å². The Kier molecular flexibility index (Phi) is 6.38. The summed E-state index contributed by atoms with van der Waals surface area (Å²) in [5.41, 5.74) is 36.0. The number of hydrogen-bond donors (Lipinski definition) is 3. The van der Waals surface area contributed by atoms with Gasteiger partial charge in [-0.1, -0.05) is 97.1 Å². The molecule has 0 radical (unpaired) electrons. The Bertz CT molecular complexity index is 3450. The zero-order valence-electron chi connectivity index (χ0n) is 36.2. The lowest BCUT2D eigenvalue weighted by Gasteiger charge is -2.42. The number of nitrogens with one attached hydrogen (secondary N) is 2. The molecule has 6 heteroatoms. The maximum atomic E-state index is 13.1. The average molecular weight is 857 g/mol. The highest BCUT2D eigenvalue weighted by atomic mass is 16.5. The smallest absolute Gasteiger partial charge is 0.407 e. The number of ether oxygens (including phenoxy) is 1. The van der Waals surface area contributed by atoms with Crippen molar-refractivity contribution in [2.75, 3.05) is 11.9 Å². The van der Waals surface area contributed by atoms with Crippen molar-refractivity contribution in [3.63, 3.8) is 0 Å². The fourth-order valence-electron chi connectivity index (χ4n) is 16.3. The molecule has 0 aromatic heterocycles. The maximum absolute atomic E-state index is 13.1. The Morgan fingerprint density at radius 1 is 0.697 bits per heavy atom. The second-order valence-corrected chi connectivity index (χ2v) is 21.3. The van der Waals surface area contributed by atoms with E-state index in [1.807, 2.05) is 36.4 Å². The van der Waals surface area contributed by atoms with Crippen molar-refractivity contribution in [2.45, 2.75) is 86.1 Å². The molecule has 0 spiro atoms. The summed E-state index contributed by atoms with van der Waals surface area (Å²) in [6.07, 6.45) is 12.6. The number of carbonyl (C=O) groups excluding carboxylic acids is 1. The number of benzene rings is 6. The topological polar surface area (TPSA) is 87.7 Å². The molecule has 0 aliphatic heterocycles. The molecule has 6 aromatic rings. The van der Waals surface area contributed by atoms with Crippen LogP contribution >= 0.6 is 0 Å². The monoisotopic (exact) mass is 856 g/mol. The molecule has 1 amide bonds. The van der Waals surface area contributed by atoms with Crippen molar-refractivity contribution in [2.24, 2.45) is 5.92 Å². The number of aliphatic carboxylic acids is 1. The number of rotatable bonds is 8. The van der Waals surface area contributed by atoms with Gasteiger partial charge in [-0.15, -0.1) is 0 Å². The summed E-state index contributed by atoms with van der Waals surface area (Å²) in [5, 5.41) is 16.8. The van der Waals surface area contributed by atoms with Crippen LogP contribution in [0.2, 0.25) is 0 Å². The number of hydrogen-bond acceptors (Lipinski definition) is 4. The van der Waals surface area contributed by atoms with E-state index in [4.69, 9.17) is 4.74 Å². The molecule has 8 atom stereocenters. The molecule has 66 heavy (non-hydrogen) atoms. The lowest BCUT2D eigenvalue weighted by Crippen LogP contribution is -2.42. The number of allylic oxidation sites excluding steroid dienone is 5. The standard InChI is InChI=1S/C60H44N2O4/c63-59(64)44(62-60(65)66-25-43-37-7-3-1-5-35(37)36-6-2-4-8-38(36)43)17-26-9-13-33(14-10-26)61-34-15-16-39-40(24-34)42-23-32-21-30-19-28-12-11-27-18-29-20-31-22-41(39)51-52(42)56-50(32)48(30)54-46(28)45(27)53-47(29)49(31)55(51)58(56)57(53)54/h1-14,18-19,22-23,27,34,39-40,43-45,57-58,61H,15-17,20-21,24-25H2,(H,62,65)(H,63,64). The summed E-state index contributed by atoms with van der Waals surface area (Å²) in [6.45, 7) is 0.133. The van der Waals surface area contributed by atoms with Gasteiger partial charge in [-0.3, -0.25) is 0 Å². The summed E-state index contributed by atoms with van der Waals surface area (Å²) < 4.78 is 5.72. The summed E-state index contributed by atoms with van der Waals surface area (Å²) >= 11 is 0. The number of fused-ring (bicyclic) bond motifs is 6. The summed E-state index contributed by atoms with van der Waals surface area (Å²) in [4.78, 5) is 25.6. The highest BCUT2D eigenvalue weighted by molar-refractivity contribution is 6.08. The van der Waals surface area contributed by atoms with Crippen LogP contribution in [0.3, 0.4) is 0 Å². The first kappa shape index (κ1) is 35.4. The largest absolute Gasteiger partial charge is 0.480 e. The average Bonchev–Trinajstić information content (AvgIpc) is 4.14. The van der Waals surface area contributed by atoms with Gasteiger partial charge in [0, 0.05) is 47.7 Å². The van der Waals surface area contributed by atoms with Gasteiger partial charge in [-0.25, -0.2) is 9.59 Å². The molecule has 1 fully saturated rings. The van der Waals surface area contributed by atoms with Crippen molar-refractivity contribution in [1.82, 2.24) is 5.32 Å². The minimum absolute atomic E-state index is 0.0990. The van der Waals surface area contributed by atoms with Gasteiger partial charge < -0.3 is 20.5 Å². The zero-order chi connectivity index (χ0) is 43.0. The highest BCUT2D eigenvalue weighted by Gasteiger charge is 2.61. The van der Waals surface area contributed by atoms with E-state index in [2.05, 4.69) is 83.5 Å². The molecule has 6 nitrogen and oxygen atoms in total. The number of carboxylic acid groups (broad SMARTS) is 1. The van der Waals surface area contributed by atoms with E-state index >= 15 is 0 Å². The van der Waals surface area contributed by atoms with Crippen LogP contribution in [0.15, 0.2) is 114 Å². The molecule has 0 saturated heterocycles. The second-order valence-electron chi connectivity index (χ2n) is 21.3. The van der Waals surface area contributed by atoms with Crippen LogP contribution in [0.4, 0.5) is 10.5 Å². The first-order valence-corrected chi connectivity index (χ1v) is 24.4. The quantitative estimate of drug-likeness (QED) is 0.142. The SMILES string of the molecule is O=C(NC(Cc1ccc(NC2CCC3c4cc5c6c7c4-c4c(cc8c9c4C7C4C7=C6C(=CC6C=Cc%10cc(c-9c4c%10C76)C8)C5)C3C2)cc1)C(=O)O)OCC1c2ccccc2-c2ccccc21. The van der Waals surface area contributed by atoms with E-state index in [1.54, 1.807) is 94.6 Å². The molecule has 11 aliphatic carbocycles. The van der Waals surface area contributed by atoms with E-state index in [9.17, 15) is 14.7 Å². The van der Waals surface area contributed by atoms with Crippen LogP contribution in [-0.4, -0.2) is 35.9 Å². The van der Waals surface area contributed by atoms with Gasteiger partial charge in [0.05, 0.1) is 0 Å². The van der Waals surface area contributed by atoms with Crippen molar-refractivity contribution < 1.29 is 19.4 Å². The fraction of sp³-hybridized carbons (Fsp3) is 0.267. The van der Waals surface area contributed by atoms with Crippen LogP contribution in [0, 0.1) is 5.92 Å². The Hall–Kier alpha value is -6.92. The fourth-order valence-corrected chi connectivity index (χ4v) is 16.3. The zero-order valence-corrected chi connectivity index (χ0v) is 36.2. The Morgan fingerprint density at radius 3 is 2.20 bits per heavy atom. The van der Waals surface area contributed by atoms with Gasteiger partial charge in [0.1, 0.15) is 12.6 Å². The Labute approximate surface area is 382 Å².